The minimum absolute atomic E-state index is 0.459. The van der Waals surface area contributed by atoms with Gasteiger partial charge in [-0.05, 0) is 12.1 Å². The summed E-state index contributed by atoms with van der Waals surface area (Å²) >= 11 is 11.2. The molecule has 0 saturated carbocycles. The molecule has 0 fully saturated rings. The summed E-state index contributed by atoms with van der Waals surface area (Å²) in [7, 11) is 0. The number of anilines is 1. The Hall–Kier alpha value is -2.19. The highest BCUT2D eigenvalue weighted by atomic mass is 35.5. The predicted octanol–water partition coefficient (Wildman–Crippen LogP) is 2.79. The van der Waals surface area contributed by atoms with E-state index < -0.39 is 45.1 Å². The van der Waals surface area contributed by atoms with Gasteiger partial charge in [0.1, 0.15) is 15.7 Å². The quantitative estimate of drug-likeness (QED) is 0.823. The fourth-order valence-corrected chi connectivity index (χ4v) is 1.83. The fraction of sp³-hybridized carbons (Fsp3) is 0.0833. The van der Waals surface area contributed by atoms with Gasteiger partial charge in [0.2, 0.25) is 11.8 Å². The lowest BCUT2D eigenvalue weighted by Crippen LogP contribution is -2.38. The first-order valence-electron chi connectivity index (χ1n) is 5.60. The normalized spacial score (nSPS) is 13.5. The second-order valence-electron chi connectivity index (χ2n) is 3.97. The van der Waals surface area contributed by atoms with Crippen LogP contribution >= 0.6 is 23.2 Å². The number of aromatic nitrogens is 2. The molecule has 6 nitrogen and oxygen atoms in total. The van der Waals surface area contributed by atoms with Gasteiger partial charge in [-0.1, -0.05) is 29.3 Å². The summed E-state index contributed by atoms with van der Waals surface area (Å²) in [5.41, 5.74) is 4.36. The smallest absolute Gasteiger partial charge is 0.390 e. The van der Waals surface area contributed by atoms with E-state index in [2.05, 4.69) is 14.7 Å². The molecule has 0 bridgehead atoms. The van der Waals surface area contributed by atoms with E-state index in [1.54, 1.807) is 0 Å². The molecule has 0 saturated heterocycles. The predicted molar refractivity (Wildman–Crippen MR) is 73.9 cm³/mol. The maximum Gasteiger partial charge on any atom is 0.390 e. The Balaban J connectivity index is 2.53. The van der Waals surface area contributed by atoms with Crippen LogP contribution in [0.1, 0.15) is 5.69 Å². The van der Waals surface area contributed by atoms with E-state index in [1.807, 2.05) is 0 Å². The number of pyridine rings is 2. The van der Waals surface area contributed by atoms with Crippen LogP contribution in [0, 0.1) is 5.95 Å². The lowest BCUT2D eigenvalue weighted by Gasteiger charge is -2.21. The summed E-state index contributed by atoms with van der Waals surface area (Å²) in [5.74, 6) is -7.62. The van der Waals surface area contributed by atoms with Crippen molar-refractivity contribution in [3.63, 3.8) is 0 Å². The minimum Gasteiger partial charge on any atom is -0.476 e. The molecule has 2 heterocycles. The van der Waals surface area contributed by atoms with Crippen molar-refractivity contribution < 1.29 is 23.4 Å². The SMILES string of the molecule is Nc1c(Cl)c(F)nc(OC(F)(C(=O)O)c2ccccn2)c1Cl. The van der Waals surface area contributed by atoms with Gasteiger partial charge in [-0.15, -0.1) is 0 Å². The van der Waals surface area contributed by atoms with Crippen molar-refractivity contribution in [3.8, 4) is 5.88 Å². The average Bonchev–Trinajstić information content (AvgIpc) is 2.51. The molecule has 3 N–H and O–H groups in total. The van der Waals surface area contributed by atoms with Crippen molar-refractivity contribution >= 4 is 34.9 Å². The molecule has 2 aromatic rings. The third-order valence-corrected chi connectivity index (χ3v) is 3.27. The van der Waals surface area contributed by atoms with Crippen molar-refractivity contribution in [2.75, 3.05) is 5.73 Å². The van der Waals surface area contributed by atoms with E-state index >= 15 is 0 Å². The van der Waals surface area contributed by atoms with Crippen LogP contribution in [0.3, 0.4) is 0 Å². The first kappa shape index (κ1) is 16.2. The summed E-state index contributed by atoms with van der Waals surface area (Å²) in [6.45, 7) is 0. The highest BCUT2D eigenvalue weighted by molar-refractivity contribution is 6.39. The van der Waals surface area contributed by atoms with Gasteiger partial charge in [0.05, 0.1) is 5.69 Å². The number of alkyl halides is 1. The molecule has 10 heteroatoms. The lowest BCUT2D eigenvalue weighted by atomic mass is 10.2. The van der Waals surface area contributed by atoms with Crippen molar-refractivity contribution in [1.82, 2.24) is 9.97 Å². The van der Waals surface area contributed by atoms with E-state index in [-0.39, 0.29) is 0 Å². The largest absolute Gasteiger partial charge is 0.476 e. The van der Waals surface area contributed by atoms with Gasteiger partial charge in [-0.3, -0.25) is 4.98 Å². The number of nitrogens with zero attached hydrogens (tertiary/aromatic N) is 2. The van der Waals surface area contributed by atoms with Crippen molar-refractivity contribution in [1.29, 1.82) is 0 Å². The zero-order valence-electron chi connectivity index (χ0n) is 10.6. The number of hydrogen-bond donors (Lipinski definition) is 2. The molecular formula is C12H7Cl2F2N3O3. The Morgan fingerprint density at radius 2 is 2.05 bits per heavy atom. The number of rotatable bonds is 4. The van der Waals surface area contributed by atoms with E-state index in [1.165, 1.54) is 12.1 Å². The number of carboxylic acid groups (broad SMARTS) is 1. The van der Waals surface area contributed by atoms with Gasteiger partial charge in [0.15, 0.2) is 0 Å². The van der Waals surface area contributed by atoms with Crippen molar-refractivity contribution in [2.45, 2.75) is 5.85 Å². The monoisotopic (exact) mass is 349 g/mol. The van der Waals surface area contributed by atoms with Gasteiger partial charge in [-0.2, -0.15) is 13.8 Å². The highest BCUT2D eigenvalue weighted by Gasteiger charge is 2.46. The first-order chi connectivity index (χ1) is 10.3. The topological polar surface area (TPSA) is 98.3 Å². The van der Waals surface area contributed by atoms with Crippen LogP contribution in [0.25, 0.3) is 0 Å². The van der Waals surface area contributed by atoms with E-state index in [0.717, 1.165) is 12.3 Å². The third-order valence-electron chi connectivity index (χ3n) is 2.55. The number of aliphatic carboxylic acids is 1. The van der Waals surface area contributed by atoms with Crippen LogP contribution in [0.5, 0.6) is 5.88 Å². The first-order valence-corrected chi connectivity index (χ1v) is 6.35. The third kappa shape index (κ3) is 2.75. The maximum atomic E-state index is 14.7. The standard InChI is InChI=1S/C12H7Cl2F2N3O3/c13-6-8(17)7(14)10(19-9(6)15)22-12(16,11(20)21)5-3-1-2-4-18-5/h1-4H,(H2,17,19)(H,20,21). The van der Waals surface area contributed by atoms with Crippen molar-refractivity contribution in [3.05, 3.63) is 46.1 Å². The van der Waals surface area contributed by atoms with Gasteiger partial charge < -0.3 is 15.6 Å². The maximum absolute atomic E-state index is 14.7. The Morgan fingerprint density at radius 3 is 2.59 bits per heavy atom. The second-order valence-corrected chi connectivity index (χ2v) is 4.72. The molecule has 0 aliphatic rings. The Bertz CT molecular complexity index is 733. The van der Waals surface area contributed by atoms with Crippen LogP contribution in [0.15, 0.2) is 24.4 Å². The van der Waals surface area contributed by atoms with Crippen LogP contribution in [-0.4, -0.2) is 21.0 Å². The van der Waals surface area contributed by atoms with E-state index in [9.17, 15) is 13.6 Å². The second kappa shape index (κ2) is 5.90. The summed E-state index contributed by atoms with van der Waals surface area (Å²) in [4.78, 5) is 17.9. The van der Waals surface area contributed by atoms with Crippen LogP contribution in [0.2, 0.25) is 10.0 Å². The Morgan fingerprint density at radius 1 is 1.36 bits per heavy atom. The molecule has 0 amide bonds. The number of ether oxygens (including phenoxy) is 1. The van der Waals surface area contributed by atoms with Gasteiger partial charge in [0, 0.05) is 6.20 Å². The Labute approximate surface area is 132 Å². The number of nitrogen functional groups attached to an aromatic ring is 1. The minimum atomic E-state index is -3.44. The molecule has 2 rings (SSSR count). The summed E-state index contributed by atoms with van der Waals surface area (Å²) in [6.07, 6.45) is 1.15. The van der Waals surface area contributed by atoms with Crippen LogP contribution in [-0.2, 0) is 10.6 Å². The molecule has 0 radical (unpaired) electrons. The van der Waals surface area contributed by atoms with Gasteiger partial charge in [0.25, 0.3) is 0 Å². The highest BCUT2D eigenvalue weighted by Crippen LogP contribution is 2.38. The summed E-state index contributed by atoms with van der Waals surface area (Å²) < 4.78 is 32.8. The van der Waals surface area contributed by atoms with Gasteiger partial charge >= 0.3 is 11.8 Å². The summed E-state index contributed by atoms with van der Waals surface area (Å²) in [6, 6.07) is 3.85. The van der Waals surface area contributed by atoms with E-state index in [4.69, 9.17) is 34.0 Å². The number of carbonyl (C=O) groups is 1. The summed E-state index contributed by atoms with van der Waals surface area (Å²) in [5, 5.41) is 7.96. The number of halogens is 4. The molecule has 0 aliphatic carbocycles. The van der Waals surface area contributed by atoms with E-state index in [0.29, 0.717) is 0 Å². The Kier molecular flexibility index (Phi) is 4.34. The molecule has 116 valence electrons. The van der Waals surface area contributed by atoms with Crippen LogP contribution in [0.4, 0.5) is 14.5 Å². The molecule has 1 atom stereocenters. The van der Waals surface area contributed by atoms with Crippen LogP contribution < -0.4 is 10.5 Å². The molecule has 0 aliphatic heterocycles. The molecule has 2 aromatic heterocycles. The molecule has 22 heavy (non-hydrogen) atoms. The number of hydrogen-bond acceptors (Lipinski definition) is 5. The lowest BCUT2D eigenvalue weighted by molar-refractivity contribution is -0.177. The zero-order valence-corrected chi connectivity index (χ0v) is 12.1. The molecule has 0 aromatic carbocycles. The van der Waals surface area contributed by atoms with Crippen molar-refractivity contribution in [2.24, 2.45) is 0 Å². The molecule has 0 spiro atoms. The average molecular weight is 350 g/mol. The number of nitrogens with two attached hydrogens (primary N) is 1. The number of carboxylic acids is 1. The molecular weight excluding hydrogens is 343 g/mol. The fourth-order valence-electron chi connectivity index (χ4n) is 1.47. The van der Waals surface area contributed by atoms with Gasteiger partial charge in [-0.25, -0.2) is 4.79 Å². The zero-order chi connectivity index (χ0) is 16.5. The molecule has 1 unspecified atom stereocenters.